The summed E-state index contributed by atoms with van der Waals surface area (Å²) in [6.07, 6.45) is 3.55. The van der Waals surface area contributed by atoms with Gasteiger partial charge in [-0.1, -0.05) is 0 Å². The molecule has 27 heavy (non-hydrogen) atoms. The summed E-state index contributed by atoms with van der Waals surface area (Å²) in [5.74, 6) is 1.59. The first-order chi connectivity index (χ1) is 13.2. The third kappa shape index (κ3) is 4.03. The predicted octanol–water partition coefficient (Wildman–Crippen LogP) is 2.83. The minimum Gasteiger partial charge on any atom is -0.496 e. The number of ether oxygens (including phenoxy) is 3. The molecule has 0 fully saturated rings. The van der Waals surface area contributed by atoms with E-state index in [9.17, 15) is 4.79 Å². The molecule has 2 aromatic carbocycles. The van der Waals surface area contributed by atoms with Gasteiger partial charge >= 0.3 is 0 Å². The summed E-state index contributed by atoms with van der Waals surface area (Å²) in [5, 5.41) is 7.06. The second kappa shape index (κ2) is 8.27. The Morgan fingerprint density at radius 1 is 1.04 bits per heavy atom. The van der Waals surface area contributed by atoms with E-state index in [4.69, 9.17) is 14.2 Å². The van der Waals surface area contributed by atoms with Crippen LogP contribution in [0.25, 0.3) is 5.69 Å². The van der Waals surface area contributed by atoms with Crippen molar-refractivity contribution >= 4 is 5.91 Å². The maximum atomic E-state index is 12.5. The van der Waals surface area contributed by atoms with E-state index in [2.05, 4.69) is 10.4 Å². The van der Waals surface area contributed by atoms with Gasteiger partial charge in [-0.3, -0.25) is 4.79 Å². The van der Waals surface area contributed by atoms with E-state index in [-0.39, 0.29) is 12.5 Å². The molecular weight excluding hydrogens is 346 g/mol. The average Bonchev–Trinajstić information content (AvgIpc) is 3.26. The second-order valence-electron chi connectivity index (χ2n) is 5.69. The van der Waals surface area contributed by atoms with Gasteiger partial charge in [0, 0.05) is 30.1 Å². The zero-order valence-corrected chi connectivity index (χ0v) is 15.4. The molecule has 0 saturated heterocycles. The number of nitrogens with one attached hydrogen (secondary N) is 1. The van der Waals surface area contributed by atoms with E-state index < -0.39 is 0 Å². The Balaban J connectivity index is 1.74. The largest absolute Gasteiger partial charge is 0.496 e. The number of aromatic nitrogens is 2. The van der Waals surface area contributed by atoms with Crippen molar-refractivity contribution < 1.29 is 19.0 Å². The van der Waals surface area contributed by atoms with E-state index in [1.54, 1.807) is 56.5 Å². The van der Waals surface area contributed by atoms with Crippen LogP contribution in [0.3, 0.4) is 0 Å². The van der Waals surface area contributed by atoms with Crippen LogP contribution in [0.5, 0.6) is 17.2 Å². The molecule has 0 aliphatic carbocycles. The number of methoxy groups -OCH3 is 3. The van der Waals surface area contributed by atoms with Crippen LogP contribution < -0.4 is 19.5 Å². The van der Waals surface area contributed by atoms with Gasteiger partial charge in [-0.05, 0) is 30.3 Å². The number of carbonyl (C=O) groups is 1. The summed E-state index contributed by atoms with van der Waals surface area (Å²) < 4.78 is 17.8. The predicted molar refractivity (Wildman–Crippen MR) is 101 cm³/mol. The Hall–Kier alpha value is -3.48. The number of amides is 1. The normalized spacial score (nSPS) is 10.3. The maximum absolute atomic E-state index is 12.5. The van der Waals surface area contributed by atoms with Crippen molar-refractivity contribution in [3.63, 3.8) is 0 Å². The molecule has 1 heterocycles. The molecule has 3 rings (SSSR count). The molecule has 0 aliphatic rings. The van der Waals surface area contributed by atoms with Gasteiger partial charge in [0.1, 0.15) is 17.2 Å². The average molecular weight is 367 g/mol. The van der Waals surface area contributed by atoms with Crippen molar-refractivity contribution in [2.45, 2.75) is 6.54 Å². The van der Waals surface area contributed by atoms with Crippen LogP contribution in [-0.2, 0) is 6.54 Å². The van der Waals surface area contributed by atoms with Crippen LogP contribution in [0.2, 0.25) is 0 Å². The molecule has 7 nitrogen and oxygen atoms in total. The van der Waals surface area contributed by atoms with Crippen molar-refractivity contribution in [1.29, 1.82) is 0 Å². The van der Waals surface area contributed by atoms with Gasteiger partial charge in [-0.2, -0.15) is 5.10 Å². The second-order valence-corrected chi connectivity index (χ2v) is 5.69. The Labute approximate surface area is 157 Å². The summed E-state index contributed by atoms with van der Waals surface area (Å²) in [6.45, 7) is 0.260. The Morgan fingerprint density at radius 3 is 2.22 bits per heavy atom. The lowest BCUT2D eigenvalue weighted by Crippen LogP contribution is -2.23. The SMILES string of the molecule is COc1cc(OC)c(CNC(=O)c2ccc(-n3cccn3)cc2)c(OC)c1. The van der Waals surface area contributed by atoms with Crippen molar-refractivity contribution in [1.82, 2.24) is 15.1 Å². The third-order valence-electron chi connectivity index (χ3n) is 4.14. The van der Waals surface area contributed by atoms with Gasteiger partial charge in [0.2, 0.25) is 0 Å². The van der Waals surface area contributed by atoms with E-state index in [0.29, 0.717) is 22.8 Å². The van der Waals surface area contributed by atoms with E-state index in [1.807, 2.05) is 24.4 Å². The van der Waals surface area contributed by atoms with Gasteiger partial charge in [-0.15, -0.1) is 0 Å². The van der Waals surface area contributed by atoms with Crippen molar-refractivity contribution in [3.05, 3.63) is 66.0 Å². The van der Waals surface area contributed by atoms with Gasteiger partial charge in [-0.25, -0.2) is 4.68 Å². The number of benzene rings is 2. The summed E-state index contributed by atoms with van der Waals surface area (Å²) in [7, 11) is 4.70. The minimum absolute atomic E-state index is 0.193. The smallest absolute Gasteiger partial charge is 0.251 e. The van der Waals surface area contributed by atoms with Crippen molar-refractivity contribution in [2.24, 2.45) is 0 Å². The fourth-order valence-corrected chi connectivity index (χ4v) is 2.71. The third-order valence-corrected chi connectivity index (χ3v) is 4.14. The lowest BCUT2D eigenvalue weighted by atomic mass is 10.1. The molecule has 1 aromatic heterocycles. The van der Waals surface area contributed by atoms with E-state index >= 15 is 0 Å². The van der Waals surface area contributed by atoms with Crippen LogP contribution in [0.4, 0.5) is 0 Å². The van der Waals surface area contributed by atoms with Crippen LogP contribution in [0.15, 0.2) is 54.9 Å². The molecule has 0 unspecified atom stereocenters. The number of nitrogens with zero attached hydrogens (tertiary/aromatic N) is 2. The first-order valence-electron chi connectivity index (χ1n) is 8.33. The fourth-order valence-electron chi connectivity index (χ4n) is 2.71. The Bertz CT molecular complexity index is 880. The molecule has 0 saturated carbocycles. The first kappa shape index (κ1) is 18.3. The van der Waals surface area contributed by atoms with Crippen LogP contribution >= 0.6 is 0 Å². The Morgan fingerprint density at radius 2 is 1.70 bits per heavy atom. The summed E-state index contributed by atoms with van der Waals surface area (Å²) in [5.41, 5.74) is 2.18. The molecule has 3 aromatic rings. The maximum Gasteiger partial charge on any atom is 0.251 e. The highest BCUT2D eigenvalue weighted by Gasteiger charge is 2.15. The monoisotopic (exact) mass is 367 g/mol. The quantitative estimate of drug-likeness (QED) is 0.695. The number of hydrogen-bond acceptors (Lipinski definition) is 5. The Kier molecular flexibility index (Phi) is 5.61. The minimum atomic E-state index is -0.193. The molecule has 0 aliphatic heterocycles. The number of carbonyl (C=O) groups excluding carboxylic acids is 1. The van der Waals surface area contributed by atoms with Crippen LogP contribution in [0.1, 0.15) is 15.9 Å². The number of hydrogen-bond donors (Lipinski definition) is 1. The summed E-state index contributed by atoms with van der Waals surface area (Å²) in [6, 6.07) is 12.6. The summed E-state index contributed by atoms with van der Waals surface area (Å²) in [4.78, 5) is 12.5. The van der Waals surface area contributed by atoms with Gasteiger partial charge < -0.3 is 19.5 Å². The van der Waals surface area contributed by atoms with Gasteiger partial charge in [0.25, 0.3) is 5.91 Å². The van der Waals surface area contributed by atoms with Crippen molar-refractivity contribution in [3.8, 4) is 22.9 Å². The number of rotatable bonds is 7. The van der Waals surface area contributed by atoms with Gasteiger partial charge in [0.15, 0.2) is 0 Å². The zero-order valence-electron chi connectivity index (χ0n) is 15.4. The fraction of sp³-hybridized carbons (Fsp3) is 0.200. The first-order valence-corrected chi connectivity index (χ1v) is 8.33. The van der Waals surface area contributed by atoms with Gasteiger partial charge in [0.05, 0.1) is 39.1 Å². The topological polar surface area (TPSA) is 74.6 Å². The lowest BCUT2D eigenvalue weighted by Gasteiger charge is -2.15. The van der Waals surface area contributed by atoms with E-state index in [1.165, 1.54) is 0 Å². The zero-order chi connectivity index (χ0) is 19.2. The highest BCUT2D eigenvalue weighted by molar-refractivity contribution is 5.94. The molecule has 0 spiro atoms. The van der Waals surface area contributed by atoms with Crippen LogP contribution in [-0.4, -0.2) is 37.0 Å². The molecular formula is C20H21N3O4. The molecule has 0 bridgehead atoms. The molecule has 7 heteroatoms. The molecule has 140 valence electrons. The van der Waals surface area contributed by atoms with Crippen molar-refractivity contribution in [2.75, 3.05) is 21.3 Å². The van der Waals surface area contributed by atoms with Crippen LogP contribution in [0, 0.1) is 0 Å². The highest BCUT2D eigenvalue weighted by Crippen LogP contribution is 2.33. The molecule has 0 atom stereocenters. The highest BCUT2D eigenvalue weighted by atomic mass is 16.5. The summed E-state index contributed by atoms with van der Waals surface area (Å²) >= 11 is 0. The standard InChI is InChI=1S/C20H21N3O4/c1-25-16-11-18(26-2)17(19(12-16)27-3)13-21-20(24)14-5-7-15(8-6-14)23-10-4-9-22-23/h4-12H,13H2,1-3H3,(H,21,24). The molecule has 1 amide bonds. The molecule has 1 N–H and O–H groups in total. The van der Waals surface area contributed by atoms with E-state index in [0.717, 1.165) is 11.3 Å². The molecule has 0 radical (unpaired) electrons. The lowest BCUT2D eigenvalue weighted by molar-refractivity contribution is 0.0950.